The Balaban J connectivity index is 1.67. The highest BCUT2D eigenvalue weighted by molar-refractivity contribution is 6.30. The molecule has 1 aromatic rings. The van der Waals surface area contributed by atoms with Crippen molar-refractivity contribution < 1.29 is 4.39 Å². The van der Waals surface area contributed by atoms with Crippen molar-refractivity contribution in [1.82, 2.24) is 0 Å². The first-order chi connectivity index (χ1) is 10.2. The third-order valence-corrected chi connectivity index (χ3v) is 5.31. The lowest BCUT2D eigenvalue weighted by molar-refractivity contribution is 0.249. The molecule has 0 aliphatic heterocycles. The van der Waals surface area contributed by atoms with Gasteiger partial charge in [-0.2, -0.15) is 0 Å². The molecule has 0 atom stereocenters. The van der Waals surface area contributed by atoms with Gasteiger partial charge < -0.3 is 0 Å². The number of unbranched alkanes of at least 4 members (excludes halogenated alkanes) is 2. The van der Waals surface area contributed by atoms with Crippen LogP contribution in [0.4, 0.5) is 4.39 Å². The zero-order valence-corrected chi connectivity index (χ0v) is 14.0. The summed E-state index contributed by atoms with van der Waals surface area (Å²) in [4.78, 5) is 0. The van der Waals surface area contributed by atoms with Crippen molar-refractivity contribution in [2.24, 2.45) is 11.8 Å². The van der Waals surface area contributed by atoms with Gasteiger partial charge >= 0.3 is 0 Å². The molecular weight excluding hydrogens is 283 g/mol. The Morgan fingerprint density at radius 1 is 1.05 bits per heavy atom. The van der Waals surface area contributed by atoms with Gasteiger partial charge in [0, 0.05) is 0 Å². The van der Waals surface area contributed by atoms with Crippen molar-refractivity contribution in [2.75, 3.05) is 0 Å². The predicted molar refractivity (Wildman–Crippen MR) is 89.3 cm³/mol. The molecular formula is C19H28ClF. The molecule has 0 amide bonds. The number of aryl methyl sites for hydroxylation is 1. The first-order valence-electron chi connectivity index (χ1n) is 8.63. The van der Waals surface area contributed by atoms with Crippen LogP contribution in [0.15, 0.2) is 18.2 Å². The third kappa shape index (κ3) is 5.62. The van der Waals surface area contributed by atoms with Crippen molar-refractivity contribution in [3.63, 3.8) is 0 Å². The highest BCUT2D eigenvalue weighted by Crippen LogP contribution is 2.34. The zero-order valence-electron chi connectivity index (χ0n) is 13.2. The van der Waals surface area contributed by atoms with Gasteiger partial charge in [0.2, 0.25) is 0 Å². The molecule has 2 rings (SSSR count). The van der Waals surface area contributed by atoms with E-state index >= 15 is 0 Å². The van der Waals surface area contributed by atoms with Crippen LogP contribution in [0.3, 0.4) is 0 Å². The Bertz CT molecular complexity index is 422. The summed E-state index contributed by atoms with van der Waals surface area (Å²) in [5, 5.41) is 0.228. The molecule has 118 valence electrons. The molecule has 1 aliphatic rings. The molecule has 0 N–H and O–H groups in total. The lowest BCUT2D eigenvalue weighted by atomic mass is 9.78. The summed E-state index contributed by atoms with van der Waals surface area (Å²) in [6, 6.07) is 5.23. The lowest BCUT2D eigenvalue weighted by Gasteiger charge is -2.28. The van der Waals surface area contributed by atoms with E-state index in [9.17, 15) is 4.39 Å². The number of hydrogen-bond donors (Lipinski definition) is 0. The standard InChI is InChI=1S/C19H28ClF/c1-2-3-4-5-15-6-8-16(9-7-15)10-11-17-12-13-18(20)19(21)14-17/h12-16H,2-11H2,1H3/t15-,16-. The van der Waals surface area contributed by atoms with Gasteiger partial charge in [-0.1, -0.05) is 76.0 Å². The number of halogens is 2. The lowest BCUT2D eigenvalue weighted by Crippen LogP contribution is -2.15. The topological polar surface area (TPSA) is 0 Å². The first-order valence-corrected chi connectivity index (χ1v) is 9.00. The monoisotopic (exact) mass is 310 g/mol. The summed E-state index contributed by atoms with van der Waals surface area (Å²) in [5.74, 6) is 1.53. The highest BCUT2D eigenvalue weighted by atomic mass is 35.5. The van der Waals surface area contributed by atoms with Crippen LogP contribution in [-0.4, -0.2) is 0 Å². The SMILES string of the molecule is CCCCC[C@H]1CC[C@H](CCc2ccc(Cl)c(F)c2)CC1. The van der Waals surface area contributed by atoms with E-state index < -0.39 is 0 Å². The second-order valence-corrected chi connectivity index (χ2v) is 7.08. The normalized spacial score (nSPS) is 22.4. The van der Waals surface area contributed by atoms with Gasteiger partial charge in [-0.3, -0.25) is 0 Å². The molecule has 0 radical (unpaired) electrons. The quantitative estimate of drug-likeness (QED) is 0.486. The summed E-state index contributed by atoms with van der Waals surface area (Å²) >= 11 is 5.72. The van der Waals surface area contributed by atoms with Crippen LogP contribution in [0, 0.1) is 17.7 Å². The first kappa shape index (κ1) is 16.8. The molecule has 0 saturated heterocycles. The fraction of sp³-hybridized carbons (Fsp3) is 0.684. The molecule has 0 aromatic heterocycles. The molecule has 21 heavy (non-hydrogen) atoms. The van der Waals surface area contributed by atoms with E-state index in [2.05, 4.69) is 6.92 Å². The number of benzene rings is 1. The van der Waals surface area contributed by atoms with Gasteiger partial charge in [-0.15, -0.1) is 0 Å². The van der Waals surface area contributed by atoms with Gasteiger partial charge in [-0.05, 0) is 42.4 Å². The maximum absolute atomic E-state index is 13.4. The Kier molecular flexibility index (Phi) is 7.03. The Hall–Kier alpha value is -0.560. The second-order valence-electron chi connectivity index (χ2n) is 6.67. The molecule has 1 fully saturated rings. The average Bonchev–Trinajstić information content (AvgIpc) is 2.50. The van der Waals surface area contributed by atoms with Gasteiger partial charge in [0.25, 0.3) is 0 Å². The zero-order chi connectivity index (χ0) is 15.1. The minimum absolute atomic E-state index is 0.228. The van der Waals surface area contributed by atoms with Crippen LogP contribution in [-0.2, 0) is 6.42 Å². The second kappa shape index (κ2) is 8.78. The molecule has 1 aliphatic carbocycles. The van der Waals surface area contributed by atoms with E-state index in [1.165, 1.54) is 57.8 Å². The predicted octanol–water partition coefficient (Wildman–Crippen LogP) is 6.80. The summed E-state index contributed by atoms with van der Waals surface area (Å²) in [5.41, 5.74) is 1.09. The van der Waals surface area contributed by atoms with Crippen LogP contribution >= 0.6 is 11.6 Å². The van der Waals surface area contributed by atoms with Crippen molar-refractivity contribution in [1.29, 1.82) is 0 Å². The maximum atomic E-state index is 13.4. The molecule has 2 heteroatoms. The van der Waals surface area contributed by atoms with Crippen LogP contribution in [0.5, 0.6) is 0 Å². The van der Waals surface area contributed by atoms with Crippen molar-refractivity contribution in [2.45, 2.75) is 71.1 Å². The number of hydrogen-bond acceptors (Lipinski definition) is 0. The molecule has 1 aromatic carbocycles. The van der Waals surface area contributed by atoms with Gasteiger partial charge in [-0.25, -0.2) is 4.39 Å². The summed E-state index contributed by atoms with van der Waals surface area (Å²) < 4.78 is 13.4. The van der Waals surface area contributed by atoms with Gasteiger partial charge in [0.15, 0.2) is 0 Å². The molecule has 0 heterocycles. The summed E-state index contributed by atoms with van der Waals surface area (Å²) in [6.07, 6.45) is 13.3. The fourth-order valence-corrected chi connectivity index (χ4v) is 3.68. The van der Waals surface area contributed by atoms with E-state index in [0.29, 0.717) is 0 Å². The molecule has 0 unspecified atom stereocenters. The molecule has 0 nitrogen and oxygen atoms in total. The van der Waals surface area contributed by atoms with Crippen molar-refractivity contribution in [3.05, 3.63) is 34.6 Å². The fourth-order valence-electron chi connectivity index (χ4n) is 3.56. The summed E-state index contributed by atoms with van der Waals surface area (Å²) in [7, 11) is 0. The Morgan fingerprint density at radius 3 is 2.33 bits per heavy atom. The third-order valence-electron chi connectivity index (χ3n) is 5.01. The van der Waals surface area contributed by atoms with Gasteiger partial charge in [0.1, 0.15) is 5.82 Å². The van der Waals surface area contributed by atoms with Crippen LogP contribution < -0.4 is 0 Å². The number of rotatable bonds is 7. The van der Waals surface area contributed by atoms with Crippen molar-refractivity contribution in [3.8, 4) is 0 Å². The Labute approximate surface area is 134 Å². The van der Waals surface area contributed by atoms with Gasteiger partial charge in [0.05, 0.1) is 5.02 Å². The van der Waals surface area contributed by atoms with E-state index in [4.69, 9.17) is 11.6 Å². The smallest absolute Gasteiger partial charge is 0.142 e. The minimum Gasteiger partial charge on any atom is -0.205 e. The molecule has 1 saturated carbocycles. The highest BCUT2D eigenvalue weighted by Gasteiger charge is 2.20. The maximum Gasteiger partial charge on any atom is 0.142 e. The Morgan fingerprint density at radius 2 is 1.71 bits per heavy atom. The van der Waals surface area contributed by atoms with Crippen LogP contribution in [0.1, 0.15) is 70.3 Å². The van der Waals surface area contributed by atoms with E-state index in [0.717, 1.165) is 23.8 Å². The minimum atomic E-state index is -0.284. The largest absolute Gasteiger partial charge is 0.205 e. The molecule has 0 spiro atoms. The van der Waals surface area contributed by atoms with Crippen LogP contribution in [0.25, 0.3) is 0 Å². The average molecular weight is 311 g/mol. The van der Waals surface area contributed by atoms with E-state index in [1.54, 1.807) is 12.1 Å². The summed E-state index contributed by atoms with van der Waals surface area (Å²) in [6.45, 7) is 2.27. The van der Waals surface area contributed by atoms with Crippen molar-refractivity contribution >= 4 is 11.6 Å². The van der Waals surface area contributed by atoms with Crippen LogP contribution in [0.2, 0.25) is 5.02 Å². The molecule has 0 bridgehead atoms. The van der Waals surface area contributed by atoms with E-state index in [1.807, 2.05) is 6.07 Å². The van der Waals surface area contributed by atoms with E-state index in [-0.39, 0.29) is 10.8 Å².